The van der Waals surface area contributed by atoms with E-state index in [1.807, 2.05) is 6.07 Å². The number of pyridine rings is 1. The maximum Gasteiger partial charge on any atom is 0.228 e. The molecule has 1 unspecified atom stereocenters. The molecule has 0 aliphatic carbocycles. The SMILES string of the molecule is N#Cc1cccnc1N1CC(CN)CC1=O. The van der Waals surface area contributed by atoms with Crippen LogP contribution in [0.3, 0.4) is 0 Å². The van der Waals surface area contributed by atoms with E-state index in [4.69, 9.17) is 11.0 Å². The van der Waals surface area contributed by atoms with Crippen LogP contribution < -0.4 is 10.6 Å². The number of hydrogen-bond acceptors (Lipinski definition) is 4. The van der Waals surface area contributed by atoms with E-state index in [1.165, 1.54) is 0 Å². The van der Waals surface area contributed by atoms with Crippen molar-refractivity contribution in [2.24, 2.45) is 11.7 Å². The topological polar surface area (TPSA) is 83.0 Å². The van der Waals surface area contributed by atoms with Gasteiger partial charge in [-0.3, -0.25) is 9.69 Å². The van der Waals surface area contributed by atoms with Crippen LogP contribution in [0.15, 0.2) is 18.3 Å². The van der Waals surface area contributed by atoms with Gasteiger partial charge in [0, 0.05) is 19.2 Å². The molecular formula is C11H12N4O. The fourth-order valence-electron chi connectivity index (χ4n) is 1.84. The normalized spacial score (nSPS) is 19.9. The lowest BCUT2D eigenvalue weighted by atomic mass is 10.1. The van der Waals surface area contributed by atoms with E-state index in [9.17, 15) is 4.79 Å². The summed E-state index contributed by atoms with van der Waals surface area (Å²) in [6, 6.07) is 5.38. The summed E-state index contributed by atoms with van der Waals surface area (Å²) in [6.07, 6.45) is 2.02. The van der Waals surface area contributed by atoms with Crippen LogP contribution in [-0.2, 0) is 4.79 Å². The van der Waals surface area contributed by atoms with Crippen molar-refractivity contribution in [2.75, 3.05) is 18.0 Å². The lowest BCUT2D eigenvalue weighted by molar-refractivity contribution is -0.117. The summed E-state index contributed by atoms with van der Waals surface area (Å²) in [6.45, 7) is 1.04. The molecule has 1 aliphatic rings. The van der Waals surface area contributed by atoms with Crippen molar-refractivity contribution in [3.05, 3.63) is 23.9 Å². The molecule has 1 atom stereocenters. The van der Waals surface area contributed by atoms with Gasteiger partial charge in [-0.05, 0) is 24.6 Å². The Balaban J connectivity index is 2.32. The molecule has 0 saturated carbocycles. The first-order valence-corrected chi connectivity index (χ1v) is 5.11. The Bertz CT molecular complexity index is 452. The van der Waals surface area contributed by atoms with E-state index < -0.39 is 0 Å². The Labute approximate surface area is 93.5 Å². The molecule has 2 heterocycles. The Kier molecular flexibility index (Phi) is 2.84. The number of amides is 1. The first-order valence-electron chi connectivity index (χ1n) is 5.11. The average molecular weight is 216 g/mol. The standard InChI is InChI=1S/C11H12N4O/c12-5-8-4-10(16)15(7-8)11-9(6-13)2-1-3-14-11/h1-3,8H,4-5,7,12H2. The van der Waals surface area contributed by atoms with E-state index >= 15 is 0 Å². The quantitative estimate of drug-likeness (QED) is 0.768. The van der Waals surface area contributed by atoms with Crippen molar-refractivity contribution >= 4 is 11.7 Å². The number of carbonyl (C=O) groups is 1. The van der Waals surface area contributed by atoms with Crippen LogP contribution in [0, 0.1) is 17.2 Å². The summed E-state index contributed by atoms with van der Waals surface area (Å²) >= 11 is 0. The number of carbonyl (C=O) groups excluding carboxylic acids is 1. The minimum Gasteiger partial charge on any atom is -0.330 e. The number of rotatable bonds is 2. The van der Waals surface area contributed by atoms with Gasteiger partial charge in [-0.15, -0.1) is 0 Å². The molecule has 2 rings (SSSR count). The second kappa shape index (κ2) is 4.29. The number of anilines is 1. The molecule has 0 bridgehead atoms. The number of hydrogen-bond donors (Lipinski definition) is 1. The summed E-state index contributed by atoms with van der Waals surface area (Å²) in [5.74, 6) is 0.609. The molecule has 1 aliphatic heterocycles. The summed E-state index contributed by atoms with van der Waals surface area (Å²) in [7, 11) is 0. The van der Waals surface area contributed by atoms with E-state index in [1.54, 1.807) is 23.2 Å². The zero-order valence-electron chi connectivity index (χ0n) is 8.76. The average Bonchev–Trinajstić information content (AvgIpc) is 2.70. The van der Waals surface area contributed by atoms with Gasteiger partial charge >= 0.3 is 0 Å². The van der Waals surface area contributed by atoms with Gasteiger partial charge in [0.1, 0.15) is 6.07 Å². The van der Waals surface area contributed by atoms with Gasteiger partial charge in [-0.25, -0.2) is 4.98 Å². The van der Waals surface area contributed by atoms with Crippen LogP contribution in [-0.4, -0.2) is 24.0 Å². The van der Waals surface area contributed by atoms with E-state index in [-0.39, 0.29) is 11.8 Å². The second-order valence-corrected chi connectivity index (χ2v) is 3.80. The molecule has 1 aromatic heterocycles. The van der Waals surface area contributed by atoms with Gasteiger partial charge in [-0.1, -0.05) is 0 Å². The van der Waals surface area contributed by atoms with Crippen molar-refractivity contribution in [3.63, 3.8) is 0 Å². The van der Waals surface area contributed by atoms with Gasteiger partial charge in [0.25, 0.3) is 0 Å². The van der Waals surface area contributed by atoms with Crippen molar-refractivity contribution < 1.29 is 4.79 Å². The van der Waals surface area contributed by atoms with Crippen molar-refractivity contribution in [1.82, 2.24) is 4.98 Å². The van der Waals surface area contributed by atoms with Crippen LogP contribution in [0.1, 0.15) is 12.0 Å². The molecule has 0 radical (unpaired) electrons. The fourth-order valence-corrected chi connectivity index (χ4v) is 1.84. The monoisotopic (exact) mass is 216 g/mol. The van der Waals surface area contributed by atoms with Crippen molar-refractivity contribution in [1.29, 1.82) is 5.26 Å². The third-order valence-corrected chi connectivity index (χ3v) is 2.70. The number of nitrogens with zero attached hydrogens (tertiary/aromatic N) is 3. The van der Waals surface area contributed by atoms with Gasteiger partial charge in [0.2, 0.25) is 5.91 Å². The minimum atomic E-state index is -0.00866. The maximum atomic E-state index is 11.7. The highest BCUT2D eigenvalue weighted by atomic mass is 16.2. The molecule has 5 heteroatoms. The highest BCUT2D eigenvalue weighted by Gasteiger charge is 2.31. The van der Waals surface area contributed by atoms with Crippen LogP contribution in [0.4, 0.5) is 5.82 Å². The largest absolute Gasteiger partial charge is 0.330 e. The van der Waals surface area contributed by atoms with E-state index in [2.05, 4.69) is 4.98 Å². The molecule has 82 valence electrons. The highest BCUT2D eigenvalue weighted by Crippen LogP contribution is 2.25. The molecule has 0 aromatic carbocycles. The van der Waals surface area contributed by atoms with Crippen LogP contribution in [0.2, 0.25) is 0 Å². The molecule has 1 saturated heterocycles. The zero-order chi connectivity index (χ0) is 11.5. The molecule has 16 heavy (non-hydrogen) atoms. The molecule has 1 aromatic rings. The van der Waals surface area contributed by atoms with Crippen LogP contribution in [0.5, 0.6) is 0 Å². The number of nitriles is 1. The van der Waals surface area contributed by atoms with Crippen LogP contribution >= 0.6 is 0 Å². The molecule has 0 spiro atoms. The van der Waals surface area contributed by atoms with Gasteiger partial charge in [0.05, 0.1) is 5.56 Å². The van der Waals surface area contributed by atoms with Gasteiger partial charge in [-0.2, -0.15) is 5.26 Å². The maximum absolute atomic E-state index is 11.7. The molecule has 1 fully saturated rings. The third kappa shape index (κ3) is 1.75. The third-order valence-electron chi connectivity index (χ3n) is 2.70. The Morgan fingerprint density at radius 3 is 3.12 bits per heavy atom. The summed E-state index contributed by atoms with van der Waals surface area (Å²) < 4.78 is 0. The van der Waals surface area contributed by atoms with E-state index in [0.717, 1.165) is 0 Å². The number of aromatic nitrogens is 1. The number of nitrogens with two attached hydrogens (primary N) is 1. The summed E-state index contributed by atoms with van der Waals surface area (Å²) in [4.78, 5) is 17.4. The molecular weight excluding hydrogens is 204 g/mol. The minimum absolute atomic E-state index is 0.00866. The smallest absolute Gasteiger partial charge is 0.228 e. The fraction of sp³-hybridized carbons (Fsp3) is 0.364. The first-order chi connectivity index (χ1) is 7.76. The Morgan fingerprint density at radius 1 is 1.69 bits per heavy atom. The Hall–Kier alpha value is -1.93. The second-order valence-electron chi connectivity index (χ2n) is 3.80. The van der Waals surface area contributed by atoms with E-state index in [0.29, 0.717) is 30.9 Å². The van der Waals surface area contributed by atoms with Crippen molar-refractivity contribution in [3.8, 4) is 6.07 Å². The first kappa shape index (κ1) is 10.6. The Morgan fingerprint density at radius 2 is 2.50 bits per heavy atom. The molecule has 2 N–H and O–H groups in total. The van der Waals surface area contributed by atoms with Gasteiger partial charge < -0.3 is 5.73 Å². The summed E-state index contributed by atoms with van der Waals surface area (Å²) in [5.41, 5.74) is 5.97. The lowest BCUT2D eigenvalue weighted by Crippen LogP contribution is -2.27. The molecule has 1 amide bonds. The predicted molar refractivity (Wildman–Crippen MR) is 58.5 cm³/mol. The zero-order valence-corrected chi connectivity index (χ0v) is 8.76. The molecule has 5 nitrogen and oxygen atoms in total. The van der Waals surface area contributed by atoms with Crippen LogP contribution in [0.25, 0.3) is 0 Å². The summed E-state index contributed by atoms with van der Waals surface area (Å²) in [5, 5.41) is 8.94. The lowest BCUT2D eigenvalue weighted by Gasteiger charge is -2.16. The highest BCUT2D eigenvalue weighted by molar-refractivity contribution is 5.95. The predicted octanol–water partition coefficient (Wildman–Crippen LogP) is 0.265. The van der Waals surface area contributed by atoms with Crippen molar-refractivity contribution in [2.45, 2.75) is 6.42 Å². The van der Waals surface area contributed by atoms with Gasteiger partial charge in [0.15, 0.2) is 5.82 Å².